The lowest BCUT2D eigenvalue weighted by Crippen LogP contribution is -2.23. The summed E-state index contributed by atoms with van der Waals surface area (Å²) in [7, 11) is 1.36. The molecule has 0 amide bonds. The summed E-state index contributed by atoms with van der Waals surface area (Å²) in [4.78, 5) is 0. The van der Waals surface area contributed by atoms with Crippen LogP contribution in [0, 0.1) is 5.92 Å². The molecule has 2 nitrogen and oxygen atoms in total. The predicted molar refractivity (Wildman–Crippen MR) is 79.8 cm³/mol. The number of benzene rings is 1. The van der Waals surface area contributed by atoms with Gasteiger partial charge in [-0.3, -0.25) is 0 Å². The topological polar surface area (TPSA) is 21.3 Å². The Kier molecular flexibility index (Phi) is 6.37. The Bertz CT molecular complexity index is 446. The van der Waals surface area contributed by atoms with Gasteiger partial charge in [0.15, 0.2) is 0 Å². The molecule has 1 N–H and O–H groups in total. The summed E-state index contributed by atoms with van der Waals surface area (Å²) in [6.07, 6.45) is -1.73. The van der Waals surface area contributed by atoms with Crippen molar-refractivity contribution in [1.29, 1.82) is 0 Å². The Morgan fingerprint density at radius 3 is 2.33 bits per heavy atom. The minimum absolute atomic E-state index is 0.0365. The summed E-state index contributed by atoms with van der Waals surface area (Å²) in [6.45, 7) is 6.19. The molecule has 1 aromatic carbocycles. The van der Waals surface area contributed by atoms with E-state index < -0.39 is 11.7 Å². The van der Waals surface area contributed by atoms with Gasteiger partial charge in [0, 0.05) is 11.7 Å². The van der Waals surface area contributed by atoms with Crippen LogP contribution in [0.25, 0.3) is 0 Å². The molecule has 21 heavy (non-hydrogen) atoms. The second-order valence-corrected chi connectivity index (χ2v) is 5.41. The first kappa shape index (κ1) is 17.7. The fourth-order valence-electron chi connectivity index (χ4n) is 2.21. The zero-order valence-corrected chi connectivity index (χ0v) is 13.1. The number of anilines is 1. The Balaban J connectivity index is 3.00. The largest absolute Gasteiger partial charge is 0.497 e. The molecular weight excluding hydrogens is 279 g/mol. The molecule has 0 bridgehead atoms. The van der Waals surface area contributed by atoms with Crippen LogP contribution in [0.1, 0.15) is 45.6 Å². The minimum atomic E-state index is -4.40. The van der Waals surface area contributed by atoms with E-state index in [4.69, 9.17) is 4.74 Å². The number of methoxy groups -OCH3 is 1. The first-order valence-corrected chi connectivity index (χ1v) is 7.33. The van der Waals surface area contributed by atoms with Gasteiger partial charge in [-0.15, -0.1) is 0 Å². The molecule has 120 valence electrons. The van der Waals surface area contributed by atoms with Gasteiger partial charge in [0.25, 0.3) is 0 Å². The summed E-state index contributed by atoms with van der Waals surface area (Å²) in [5, 5.41) is 3.04. The van der Waals surface area contributed by atoms with Crippen LogP contribution in [-0.2, 0) is 6.18 Å². The van der Waals surface area contributed by atoms with Crippen molar-refractivity contribution in [2.75, 3.05) is 12.4 Å². The summed E-state index contributed by atoms with van der Waals surface area (Å²) >= 11 is 0. The maximum atomic E-state index is 13.2. The molecule has 0 heterocycles. The van der Waals surface area contributed by atoms with E-state index in [9.17, 15) is 13.2 Å². The van der Waals surface area contributed by atoms with Gasteiger partial charge in [-0.1, -0.05) is 27.2 Å². The first-order valence-electron chi connectivity index (χ1n) is 7.33. The minimum Gasteiger partial charge on any atom is -0.497 e. The van der Waals surface area contributed by atoms with E-state index in [1.807, 2.05) is 6.92 Å². The third-order valence-corrected chi connectivity index (χ3v) is 3.77. The second kappa shape index (κ2) is 7.57. The van der Waals surface area contributed by atoms with E-state index in [0.29, 0.717) is 5.92 Å². The molecule has 1 aromatic rings. The number of nitrogens with one attached hydrogen (secondary N) is 1. The Morgan fingerprint density at radius 1 is 1.19 bits per heavy atom. The van der Waals surface area contributed by atoms with E-state index in [1.165, 1.54) is 13.2 Å². The number of hydrogen-bond donors (Lipinski definition) is 1. The Labute approximate surface area is 124 Å². The van der Waals surface area contributed by atoms with Gasteiger partial charge in [-0.05, 0) is 37.0 Å². The predicted octanol–water partition coefficient (Wildman–Crippen LogP) is 5.34. The van der Waals surface area contributed by atoms with Crippen LogP contribution in [0.2, 0.25) is 0 Å². The van der Waals surface area contributed by atoms with E-state index in [-0.39, 0.29) is 17.5 Å². The molecule has 0 aliphatic carbocycles. The average Bonchev–Trinajstić information content (AvgIpc) is 2.45. The molecule has 0 aliphatic heterocycles. The van der Waals surface area contributed by atoms with Crippen LogP contribution >= 0.6 is 0 Å². The van der Waals surface area contributed by atoms with Gasteiger partial charge >= 0.3 is 6.18 Å². The fraction of sp³-hybridized carbons (Fsp3) is 0.625. The lowest BCUT2D eigenvalue weighted by molar-refractivity contribution is -0.137. The van der Waals surface area contributed by atoms with Gasteiger partial charge in [0.2, 0.25) is 0 Å². The normalized spacial score (nSPS) is 14.6. The maximum Gasteiger partial charge on any atom is 0.418 e. The molecule has 5 heteroatoms. The number of halogens is 3. The number of alkyl halides is 3. The van der Waals surface area contributed by atoms with Crippen molar-refractivity contribution < 1.29 is 17.9 Å². The van der Waals surface area contributed by atoms with E-state index in [0.717, 1.165) is 25.3 Å². The Morgan fingerprint density at radius 2 is 1.86 bits per heavy atom. The van der Waals surface area contributed by atoms with Crippen LogP contribution in [0.4, 0.5) is 18.9 Å². The van der Waals surface area contributed by atoms with Crippen molar-refractivity contribution >= 4 is 5.69 Å². The summed E-state index contributed by atoms with van der Waals surface area (Å²) in [5.41, 5.74) is -0.553. The highest BCUT2D eigenvalue weighted by Gasteiger charge is 2.34. The molecular formula is C16H24F3NO. The van der Waals surface area contributed by atoms with Crippen LogP contribution < -0.4 is 10.1 Å². The zero-order chi connectivity index (χ0) is 16.0. The highest BCUT2D eigenvalue weighted by Crippen LogP contribution is 2.37. The highest BCUT2D eigenvalue weighted by molar-refractivity contribution is 5.56. The number of hydrogen-bond acceptors (Lipinski definition) is 2. The van der Waals surface area contributed by atoms with Crippen LogP contribution in [-0.4, -0.2) is 13.2 Å². The monoisotopic (exact) mass is 303 g/mol. The van der Waals surface area contributed by atoms with Crippen LogP contribution in [0.3, 0.4) is 0 Å². The lowest BCUT2D eigenvalue weighted by atomic mass is 9.97. The van der Waals surface area contributed by atoms with Crippen LogP contribution in [0.5, 0.6) is 5.75 Å². The SMILES string of the molecule is CCC(C)CC(CC)Nc1ccc(OC)cc1C(F)(F)F. The van der Waals surface area contributed by atoms with Crippen molar-refractivity contribution in [2.45, 2.75) is 52.3 Å². The smallest absolute Gasteiger partial charge is 0.418 e. The lowest BCUT2D eigenvalue weighted by Gasteiger charge is -2.24. The third kappa shape index (κ3) is 5.14. The standard InChI is InChI=1S/C16H24F3NO/c1-5-11(3)9-12(6-2)20-15-8-7-13(21-4)10-14(15)16(17,18)19/h7-8,10-12,20H,5-6,9H2,1-4H3. The van der Waals surface area contributed by atoms with Crippen LogP contribution in [0.15, 0.2) is 18.2 Å². The Hall–Kier alpha value is -1.39. The van der Waals surface area contributed by atoms with Gasteiger partial charge in [-0.25, -0.2) is 0 Å². The van der Waals surface area contributed by atoms with E-state index in [1.54, 1.807) is 6.07 Å². The zero-order valence-electron chi connectivity index (χ0n) is 13.1. The van der Waals surface area contributed by atoms with Gasteiger partial charge in [0.1, 0.15) is 5.75 Å². The first-order chi connectivity index (χ1) is 9.81. The van der Waals surface area contributed by atoms with Crippen molar-refractivity contribution in [3.05, 3.63) is 23.8 Å². The van der Waals surface area contributed by atoms with E-state index in [2.05, 4.69) is 19.2 Å². The van der Waals surface area contributed by atoms with Crippen molar-refractivity contribution in [3.8, 4) is 5.75 Å². The van der Waals surface area contributed by atoms with Gasteiger partial charge in [0.05, 0.1) is 12.7 Å². The summed E-state index contributed by atoms with van der Waals surface area (Å²) in [6, 6.07) is 4.07. The average molecular weight is 303 g/mol. The molecule has 0 radical (unpaired) electrons. The quantitative estimate of drug-likeness (QED) is 0.734. The van der Waals surface area contributed by atoms with Crippen molar-refractivity contribution in [3.63, 3.8) is 0 Å². The summed E-state index contributed by atoms with van der Waals surface area (Å²) in [5.74, 6) is 0.692. The molecule has 0 aromatic heterocycles. The maximum absolute atomic E-state index is 13.2. The molecule has 2 unspecified atom stereocenters. The molecule has 0 aliphatic rings. The van der Waals surface area contributed by atoms with Crippen molar-refractivity contribution in [2.24, 2.45) is 5.92 Å². The molecule has 1 rings (SSSR count). The van der Waals surface area contributed by atoms with Gasteiger partial charge in [-0.2, -0.15) is 13.2 Å². The van der Waals surface area contributed by atoms with E-state index >= 15 is 0 Å². The second-order valence-electron chi connectivity index (χ2n) is 5.41. The molecule has 0 saturated heterocycles. The van der Waals surface area contributed by atoms with Gasteiger partial charge < -0.3 is 10.1 Å². The molecule has 0 spiro atoms. The third-order valence-electron chi connectivity index (χ3n) is 3.77. The number of ether oxygens (including phenoxy) is 1. The summed E-state index contributed by atoms with van der Waals surface area (Å²) < 4.78 is 44.3. The molecule has 0 saturated carbocycles. The highest BCUT2D eigenvalue weighted by atomic mass is 19.4. The fourth-order valence-corrected chi connectivity index (χ4v) is 2.21. The van der Waals surface area contributed by atoms with Crippen molar-refractivity contribution in [1.82, 2.24) is 0 Å². The molecule has 0 fully saturated rings. The number of rotatable bonds is 7. The molecule has 2 atom stereocenters.